The van der Waals surface area contributed by atoms with Crippen molar-refractivity contribution in [2.75, 3.05) is 40.3 Å². The van der Waals surface area contributed by atoms with Crippen LogP contribution < -0.4 is 0 Å². The third-order valence-corrected chi connectivity index (χ3v) is 3.49. The maximum atomic E-state index is 11.8. The van der Waals surface area contributed by atoms with Crippen molar-refractivity contribution in [2.24, 2.45) is 0 Å². The molecule has 5 heteroatoms. The molecule has 0 bridgehead atoms. The number of carbonyl (C=O) groups excluding carboxylic acids is 1. The maximum absolute atomic E-state index is 11.8. The Kier molecular flexibility index (Phi) is 6.69. The normalized spacial score (nSPS) is 17.4. The number of hydrogen-bond acceptors (Lipinski definition) is 4. The lowest BCUT2D eigenvalue weighted by Gasteiger charge is -2.31. The zero-order valence-corrected chi connectivity index (χ0v) is 11.4. The van der Waals surface area contributed by atoms with Gasteiger partial charge in [0.25, 0.3) is 0 Å². The molecule has 0 atom stereocenters. The minimum absolute atomic E-state index is 0.124. The predicted octanol–water partition coefficient (Wildman–Crippen LogP) is 0.859. The minimum Gasteiger partial charge on any atom is -0.381 e. The second-order valence-electron chi connectivity index (χ2n) is 4.75. The molecule has 1 aliphatic heterocycles. The fourth-order valence-electron chi connectivity index (χ4n) is 2.16. The summed E-state index contributed by atoms with van der Waals surface area (Å²) in [5.74, 6) is 0.124. The number of carbonyl (C=O) groups is 1. The van der Waals surface area contributed by atoms with Crippen LogP contribution in [0.1, 0.15) is 25.7 Å². The van der Waals surface area contributed by atoms with Gasteiger partial charge in [-0.25, -0.2) is 0 Å². The van der Waals surface area contributed by atoms with Gasteiger partial charge in [-0.1, -0.05) is 0 Å². The third-order valence-electron chi connectivity index (χ3n) is 3.49. The van der Waals surface area contributed by atoms with Crippen LogP contribution in [-0.2, 0) is 9.53 Å². The van der Waals surface area contributed by atoms with Gasteiger partial charge < -0.3 is 14.5 Å². The van der Waals surface area contributed by atoms with Crippen molar-refractivity contribution in [1.29, 1.82) is 5.26 Å². The van der Waals surface area contributed by atoms with Crippen molar-refractivity contribution in [3.63, 3.8) is 0 Å². The molecular formula is C13H23N3O2. The molecule has 1 amide bonds. The Morgan fingerprint density at radius 1 is 1.50 bits per heavy atom. The highest BCUT2D eigenvalue weighted by molar-refractivity contribution is 5.76. The van der Waals surface area contributed by atoms with Gasteiger partial charge in [0.15, 0.2) is 0 Å². The first-order valence-corrected chi connectivity index (χ1v) is 6.53. The summed E-state index contributed by atoms with van der Waals surface area (Å²) in [5.41, 5.74) is 0. The summed E-state index contributed by atoms with van der Waals surface area (Å²) in [6, 6.07) is 2.05. The molecule has 1 aliphatic rings. The van der Waals surface area contributed by atoms with E-state index in [0.717, 1.165) is 32.5 Å². The molecular weight excluding hydrogens is 230 g/mol. The summed E-state index contributed by atoms with van der Waals surface area (Å²) in [5, 5.41) is 8.47. The van der Waals surface area contributed by atoms with E-state index in [-0.39, 0.29) is 5.91 Å². The lowest BCUT2D eigenvalue weighted by molar-refractivity contribution is -0.130. The van der Waals surface area contributed by atoms with Crippen LogP contribution in [0.25, 0.3) is 0 Å². The topological polar surface area (TPSA) is 56.6 Å². The molecule has 0 saturated carbocycles. The zero-order valence-electron chi connectivity index (χ0n) is 11.4. The van der Waals surface area contributed by atoms with Crippen LogP contribution in [0.3, 0.4) is 0 Å². The van der Waals surface area contributed by atoms with Gasteiger partial charge in [0.2, 0.25) is 5.91 Å². The largest absolute Gasteiger partial charge is 0.381 e. The first-order valence-electron chi connectivity index (χ1n) is 6.53. The van der Waals surface area contributed by atoms with E-state index in [1.54, 1.807) is 19.1 Å². The standard InChI is InChI=1S/C13H23N3O2/c1-15(8-3-7-14)13(17)6-11-16-9-4-12(18-2)5-10-16/h12H,3-6,8-11H2,1-2H3. The summed E-state index contributed by atoms with van der Waals surface area (Å²) in [7, 11) is 3.52. The highest BCUT2D eigenvalue weighted by Crippen LogP contribution is 2.13. The summed E-state index contributed by atoms with van der Waals surface area (Å²) in [4.78, 5) is 15.7. The van der Waals surface area contributed by atoms with E-state index >= 15 is 0 Å². The first kappa shape index (κ1) is 14.9. The summed E-state index contributed by atoms with van der Waals surface area (Å²) in [6.45, 7) is 3.36. The van der Waals surface area contributed by atoms with E-state index in [4.69, 9.17) is 10.00 Å². The number of ether oxygens (including phenoxy) is 1. The number of amides is 1. The molecule has 1 rings (SSSR count). The number of nitriles is 1. The van der Waals surface area contributed by atoms with Gasteiger partial charge in [0.1, 0.15) is 0 Å². The van der Waals surface area contributed by atoms with Crippen molar-refractivity contribution in [1.82, 2.24) is 9.80 Å². The van der Waals surface area contributed by atoms with Gasteiger partial charge >= 0.3 is 0 Å². The number of methoxy groups -OCH3 is 1. The van der Waals surface area contributed by atoms with E-state index < -0.39 is 0 Å². The third kappa shape index (κ3) is 5.03. The Morgan fingerprint density at radius 3 is 2.72 bits per heavy atom. The van der Waals surface area contributed by atoms with Crippen LogP contribution in [0.5, 0.6) is 0 Å². The molecule has 1 saturated heterocycles. The molecule has 0 aliphatic carbocycles. The van der Waals surface area contributed by atoms with Crippen molar-refractivity contribution >= 4 is 5.91 Å². The van der Waals surface area contributed by atoms with Crippen molar-refractivity contribution in [2.45, 2.75) is 31.8 Å². The second kappa shape index (κ2) is 8.06. The minimum atomic E-state index is 0.124. The highest BCUT2D eigenvalue weighted by atomic mass is 16.5. The smallest absolute Gasteiger partial charge is 0.223 e. The van der Waals surface area contributed by atoms with E-state index in [1.165, 1.54) is 0 Å². The quantitative estimate of drug-likeness (QED) is 0.704. The number of nitrogens with zero attached hydrogens (tertiary/aromatic N) is 3. The van der Waals surface area contributed by atoms with E-state index in [1.807, 2.05) is 0 Å². The van der Waals surface area contributed by atoms with E-state index in [9.17, 15) is 4.79 Å². The zero-order chi connectivity index (χ0) is 13.4. The first-order chi connectivity index (χ1) is 8.67. The van der Waals surface area contributed by atoms with Crippen LogP contribution in [-0.4, -0.2) is 62.1 Å². The molecule has 0 N–H and O–H groups in total. The number of hydrogen-bond donors (Lipinski definition) is 0. The van der Waals surface area contributed by atoms with Crippen molar-refractivity contribution in [3.05, 3.63) is 0 Å². The monoisotopic (exact) mass is 253 g/mol. The van der Waals surface area contributed by atoms with Gasteiger partial charge in [0.05, 0.1) is 18.6 Å². The second-order valence-corrected chi connectivity index (χ2v) is 4.75. The van der Waals surface area contributed by atoms with Crippen LogP contribution in [0, 0.1) is 11.3 Å². The van der Waals surface area contributed by atoms with Gasteiger partial charge in [0, 0.05) is 46.8 Å². The molecule has 0 aromatic heterocycles. The molecule has 102 valence electrons. The fourth-order valence-corrected chi connectivity index (χ4v) is 2.16. The van der Waals surface area contributed by atoms with Crippen LogP contribution >= 0.6 is 0 Å². The number of likely N-dealkylation sites (tertiary alicyclic amines) is 1. The molecule has 1 heterocycles. The van der Waals surface area contributed by atoms with Crippen LogP contribution in [0.15, 0.2) is 0 Å². The molecule has 1 fully saturated rings. The van der Waals surface area contributed by atoms with Gasteiger partial charge in [-0.15, -0.1) is 0 Å². The average molecular weight is 253 g/mol. The Morgan fingerprint density at radius 2 is 2.17 bits per heavy atom. The Labute approximate surface area is 109 Å². The Bertz CT molecular complexity index is 293. The summed E-state index contributed by atoms with van der Waals surface area (Å²) >= 11 is 0. The molecule has 5 nitrogen and oxygen atoms in total. The highest BCUT2D eigenvalue weighted by Gasteiger charge is 2.19. The van der Waals surface area contributed by atoms with E-state index in [2.05, 4.69) is 11.0 Å². The summed E-state index contributed by atoms with van der Waals surface area (Å²) in [6.07, 6.45) is 3.43. The predicted molar refractivity (Wildman–Crippen MR) is 69.0 cm³/mol. The Hall–Kier alpha value is -1.12. The van der Waals surface area contributed by atoms with Crippen molar-refractivity contribution in [3.8, 4) is 6.07 Å². The van der Waals surface area contributed by atoms with Crippen molar-refractivity contribution < 1.29 is 9.53 Å². The average Bonchev–Trinajstić information content (AvgIpc) is 2.42. The lowest BCUT2D eigenvalue weighted by Crippen LogP contribution is -2.39. The maximum Gasteiger partial charge on any atom is 0.223 e. The number of piperidine rings is 1. The molecule has 0 unspecified atom stereocenters. The molecule has 0 aromatic rings. The number of rotatable bonds is 6. The molecule has 0 radical (unpaired) electrons. The van der Waals surface area contributed by atoms with Crippen LogP contribution in [0.2, 0.25) is 0 Å². The van der Waals surface area contributed by atoms with Crippen LogP contribution in [0.4, 0.5) is 0 Å². The Balaban J connectivity index is 2.17. The molecule has 18 heavy (non-hydrogen) atoms. The van der Waals surface area contributed by atoms with Gasteiger partial charge in [-0.05, 0) is 12.8 Å². The fraction of sp³-hybridized carbons (Fsp3) is 0.846. The van der Waals surface area contributed by atoms with Gasteiger partial charge in [-0.3, -0.25) is 4.79 Å². The van der Waals surface area contributed by atoms with E-state index in [0.29, 0.717) is 25.5 Å². The summed E-state index contributed by atoms with van der Waals surface area (Å²) < 4.78 is 5.32. The molecule has 0 aromatic carbocycles. The lowest BCUT2D eigenvalue weighted by atomic mass is 10.1. The SMILES string of the molecule is COC1CCN(CCC(=O)N(C)CCC#N)CC1. The molecule has 0 spiro atoms. The van der Waals surface area contributed by atoms with Gasteiger partial charge in [-0.2, -0.15) is 5.26 Å².